The smallest absolute Gasteiger partial charge is 0.248 e. The maximum Gasteiger partial charge on any atom is 0.248 e. The Morgan fingerprint density at radius 3 is 2.54 bits per heavy atom. The van der Waals surface area contributed by atoms with E-state index in [0.717, 1.165) is 25.9 Å². The van der Waals surface area contributed by atoms with Gasteiger partial charge in [-0.05, 0) is 37.9 Å². The topological polar surface area (TPSA) is 89.8 Å². The van der Waals surface area contributed by atoms with Crippen molar-refractivity contribution in [2.45, 2.75) is 49.7 Å². The van der Waals surface area contributed by atoms with E-state index in [2.05, 4.69) is 21.9 Å². The number of amidine groups is 1. The van der Waals surface area contributed by atoms with E-state index in [1.54, 1.807) is 12.4 Å². The van der Waals surface area contributed by atoms with Gasteiger partial charge in [-0.15, -0.1) is 0 Å². The largest absolute Gasteiger partial charge is 0.489 e. The maximum atomic E-state index is 13.5. The third kappa shape index (κ3) is 3.75. The minimum absolute atomic E-state index is 0.188. The van der Waals surface area contributed by atoms with Crippen LogP contribution in [0.4, 0.5) is 8.78 Å². The van der Waals surface area contributed by atoms with E-state index in [1.807, 2.05) is 12.1 Å². The molecular weight excluding hydrogens is 364 g/mol. The van der Waals surface area contributed by atoms with Crippen LogP contribution in [-0.2, 0) is 0 Å². The maximum absolute atomic E-state index is 13.5. The molecule has 8 heteroatoms. The summed E-state index contributed by atoms with van der Waals surface area (Å²) in [5.74, 6) is -1.93. The predicted octanol–water partition coefficient (Wildman–Crippen LogP) is 2.40. The van der Waals surface area contributed by atoms with Crippen LogP contribution in [0.5, 0.6) is 5.75 Å². The van der Waals surface area contributed by atoms with Gasteiger partial charge >= 0.3 is 0 Å². The van der Waals surface area contributed by atoms with Gasteiger partial charge in [-0.2, -0.15) is 0 Å². The first kappa shape index (κ1) is 19.3. The normalized spacial score (nSPS) is 29.0. The third-order valence-electron chi connectivity index (χ3n) is 6.13. The Morgan fingerprint density at radius 2 is 1.93 bits per heavy atom. The molecule has 0 amide bonds. The van der Waals surface area contributed by atoms with E-state index < -0.39 is 11.5 Å². The van der Waals surface area contributed by atoms with E-state index in [1.165, 1.54) is 0 Å². The van der Waals surface area contributed by atoms with Crippen molar-refractivity contribution < 1.29 is 13.5 Å². The van der Waals surface area contributed by atoms with Gasteiger partial charge in [0, 0.05) is 44.1 Å². The average molecular weight is 391 g/mol. The minimum Gasteiger partial charge on any atom is -0.489 e. The number of ether oxygens (including phenoxy) is 1. The zero-order chi connectivity index (χ0) is 19.9. The quantitative estimate of drug-likeness (QED) is 0.823. The van der Waals surface area contributed by atoms with E-state index in [4.69, 9.17) is 16.2 Å². The van der Waals surface area contributed by atoms with Gasteiger partial charge < -0.3 is 21.1 Å². The van der Waals surface area contributed by atoms with Crippen molar-refractivity contribution in [3.8, 4) is 5.75 Å². The molecule has 3 heterocycles. The monoisotopic (exact) mass is 391 g/mol. The van der Waals surface area contributed by atoms with Crippen LogP contribution in [-0.4, -0.2) is 53.4 Å². The molecular formula is C20H27F2N5O. The number of hydrogen-bond acceptors (Lipinski definition) is 6. The molecule has 4 N–H and O–H groups in total. The summed E-state index contributed by atoms with van der Waals surface area (Å²) in [6.45, 7) is 2.04. The van der Waals surface area contributed by atoms with Crippen molar-refractivity contribution in [1.29, 1.82) is 0 Å². The number of alkyl halides is 2. The molecule has 0 spiro atoms. The number of piperidine rings is 1. The fourth-order valence-electron chi connectivity index (χ4n) is 4.31. The number of nitrogens with two attached hydrogens (primary N) is 2. The third-order valence-corrected chi connectivity index (χ3v) is 6.13. The molecule has 152 valence electrons. The van der Waals surface area contributed by atoms with Crippen LogP contribution < -0.4 is 16.2 Å². The Kier molecular flexibility index (Phi) is 4.87. The zero-order valence-electron chi connectivity index (χ0n) is 16.1. The fraction of sp³-hybridized carbons (Fsp3) is 0.600. The van der Waals surface area contributed by atoms with Crippen LogP contribution in [0.3, 0.4) is 0 Å². The highest BCUT2D eigenvalue weighted by atomic mass is 19.3. The van der Waals surface area contributed by atoms with Crippen molar-refractivity contribution in [1.82, 2.24) is 9.88 Å². The molecule has 0 aromatic carbocycles. The molecule has 1 aromatic heterocycles. The highest BCUT2D eigenvalue weighted by Crippen LogP contribution is 2.52. The van der Waals surface area contributed by atoms with Gasteiger partial charge in [-0.25, -0.2) is 13.8 Å². The van der Waals surface area contributed by atoms with E-state index in [-0.39, 0.29) is 31.3 Å². The summed E-state index contributed by atoms with van der Waals surface area (Å²) < 4.78 is 33.0. The van der Waals surface area contributed by atoms with Crippen LogP contribution >= 0.6 is 0 Å². The molecule has 1 saturated heterocycles. The summed E-state index contributed by atoms with van der Waals surface area (Å²) in [4.78, 5) is 11.0. The SMILES string of the molecule is CN1CCC(Oc2ccc(C3=CN=C(N)CC3(N)C3CC(F)(F)C3)nc2)CC1. The second-order valence-electron chi connectivity index (χ2n) is 8.34. The summed E-state index contributed by atoms with van der Waals surface area (Å²) in [5, 5.41) is 0. The molecule has 2 aliphatic heterocycles. The first-order valence-electron chi connectivity index (χ1n) is 9.76. The number of nitrogens with zero attached hydrogens (tertiary/aromatic N) is 3. The summed E-state index contributed by atoms with van der Waals surface area (Å²) in [6.07, 6.45) is 5.21. The van der Waals surface area contributed by atoms with Gasteiger partial charge in [0.05, 0.1) is 17.4 Å². The number of likely N-dealkylation sites (tertiary alicyclic amines) is 1. The van der Waals surface area contributed by atoms with Crippen molar-refractivity contribution in [3.05, 3.63) is 30.2 Å². The minimum atomic E-state index is -2.65. The molecule has 28 heavy (non-hydrogen) atoms. The lowest BCUT2D eigenvalue weighted by atomic mass is 9.63. The molecule has 6 nitrogen and oxygen atoms in total. The van der Waals surface area contributed by atoms with Crippen LogP contribution in [0, 0.1) is 5.92 Å². The Labute approximate surface area is 163 Å². The second-order valence-corrected chi connectivity index (χ2v) is 8.34. The van der Waals surface area contributed by atoms with E-state index >= 15 is 0 Å². The molecule has 0 bridgehead atoms. The van der Waals surface area contributed by atoms with E-state index in [9.17, 15) is 8.78 Å². The Bertz CT molecular complexity index is 778. The molecule has 1 saturated carbocycles. The van der Waals surface area contributed by atoms with Gasteiger partial charge in [0.2, 0.25) is 5.92 Å². The van der Waals surface area contributed by atoms with Gasteiger partial charge in [-0.1, -0.05) is 0 Å². The van der Waals surface area contributed by atoms with Crippen molar-refractivity contribution in [2.24, 2.45) is 22.4 Å². The first-order valence-corrected chi connectivity index (χ1v) is 9.76. The fourth-order valence-corrected chi connectivity index (χ4v) is 4.31. The standard InChI is InChI=1S/C20H27F2N5O/c1-27-6-4-14(5-7-27)28-15-2-3-17(25-11-15)16-12-26-18(23)10-20(16,24)13-8-19(21,22)9-13/h2-3,11-14H,4-10,24H2,1H3,(H2,23,26). The van der Waals surface area contributed by atoms with Crippen LogP contribution in [0.1, 0.15) is 37.8 Å². The highest BCUT2D eigenvalue weighted by molar-refractivity contribution is 5.90. The highest BCUT2D eigenvalue weighted by Gasteiger charge is 2.55. The lowest BCUT2D eigenvalue weighted by Crippen LogP contribution is -2.58. The molecule has 2 fully saturated rings. The molecule has 3 aliphatic rings. The van der Waals surface area contributed by atoms with E-state index in [0.29, 0.717) is 22.9 Å². The van der Waals surface area contributed by atoms with Crippen molar-refractivity contribution in [3.63, 3.8) is 0 Å². The Morgan fingerprint density at radius 1 is 1.21 bits per heavy atom. The van der Waals surface area contributed by atoms with Crippen LogP contribution in [0.25, 0.3) is 5.57 Å². The number of halogens is 2. The zero-order valence-corrected chi connectivity index (χ0v) is 16.1. The summed E-state index contributed by atoms with van der Waals surface area (Å²) >= 11 is 0. The van der Waals surface area contributed by atoms with Gasteiger partial charge in [0.25, 0.3) is 0 Å². The lowest BCUT2D eigenvalue weighted by molar-refractivity contribution is -0.123. The van der Waals surface area contributed by atoms with Gasteiger partial charge in [0.15, 0.2) is 0 Å². The van der Waals surface area contributed by atoms with Crippen molar-refractivity contribution in [2.75, 3.05) is 20.1 Å². The molecule has 0 radical (unpaired) electrons. The first-order chi connectivity index (χ1) is 13.2. The number of rotatable bonds is 4. The van der Waals surface area contributed by atoms with Crippen molar-refractivity contribution >= 4 is 11.4 Å². The molecule has 1 atom stereocenters. The van der Waals surface area contributed by atoms with Crippen LogP contribution in [0.15, 0.2) is 29.5 Å². The number of hydrogen-bond donors (Lipinski definition) is 2. The van der Waals surface area contributed by atoms with Crippen LogP contribution in [0.2, 0.25) is 0 Å². The predicted molar refractivity (Wildman–Crippen MR) is 104 cm³/mol. The lowest BCUT2D eigenvalue weighted by Gasteiger charge is -2.48. The Hall–Kier alpha value is -2.06. The molecule has 1 aliphatic carbocycles. The molecule has 1 unspecified atom stereocenters. The summed E-state index contributed by atoms with van der Waals surface area (Å²) in [7, 11) is 2.11. The Balaban J connectivity index is 1.50. The average Bonchev–Trinajstić information content (AvgIpc) is 2.62. The van der Waals surface area contributed by atoms with Gasteiger partial charge in [0.1, 0.15) is 17.7 Å². The second kappa shape index (κ2) is 7.08. The summed E-state index contributed by atoms with van der Waals surface area (Å²) in [5.41, 5.74) is 12.8. The number of aliphatic imine (C=N–C) groups is 1. The number of aromatic nitrogens is 1. The molecule has 4 rings (SSSR count). The number of pyridine rings is 1. The summed E-state index contributed by atoms with van der Waals surface area (Å²) in [6, 6.07) is 3.69. The van der Waals surface area contributed by atoms with Gasteiger partial charge in [-0.3, -0.25) is 4.98 Å². The molecule has 1 aromatic rings.